The Hall–Kier alpha value is -1.75. The zero-order valence-electron chi connectivity index (χ0n) is 9.97. The maximum Gasteiger partial charge on any atom is 0.344 e. The second-order valence-electron chi connectivity index (χ2n) is 3.52. The summed E-state index contributed by atoms with van der Waals surface area (Å²) in [5.74, 6) is -0.0853. The molecule has 0 radical (unpaired) electrons. The van der Waals surface area contributed by atoms with Gasteiger partial charge in [-0.05, 0) is 31.5 Å². The fourth-order valence-electron chi connectivity index (χ4n) is 1.29. The molecule has 17 heavy (non-hydrogen) atoms. The van der Waals surface area contributed by atoms with Gasteiger partial charge in [0.2, 0.25) is 0 Å². The van der Waals surface area contributed by atoms with E-state index in [2.05, 4.69) is 0 Å². The Morgan fingerprint density at radius 2 is 2.18 bits per heavy atom. The van der Waals surface area contributed by atoms with Gasteiger partial charge in [-0.25, -0.2) is 4.79 Å². The molecule has 1 unspecified atom stereocenters. The van der Waals surface area contributed by atoms with Gasteiger partial charge in [-0.15, -0.1) is 0 Å². The lowest BCUT2D eigenvalue weighted by molar-refractivity contribution is -0.144. The number of nitrogens with two attached hydrogens (primary N) is 1. The molecule has 0 spiro atoms. The number of hydrogen-bond donors (Lipinski definition) is 2. The van der Waals surface area contributed by atoms with Crippen molar-refractivity contribution in [3.8, 4) is 11.5 Å². The van der Waals surface area contributed by atoms with E-state index in [-0.39, 0.29) is 0 Å². The first-order valence-corrected chi connectivity index (χ1v) is 5.43. The van der Waals surface area contributed by atoms with Crippen LogP contribution in [0.3, 0.4) is 0 Å². The zero-order valence-corrected chi connectivity index (χ0v) is 9.97. The van der Waals surface area contributed by atoms with Crippen LogP contribution >= 0.6 is 0 Å². The minimum absolute atomic E-state index is 0.398. The van der Waals surface area contributed by atoms with E-state index in [0.29, 0.717) is 24.7 Å². The monoisotopic (exact) mass is 239 g/mol. The van der Waals surface area contributed by atoms with Gasteiger partial charge in [0.25, 0.3) is 0 Å². The van der Waals surface area contributed by atoms with Gasteiger partial charge in [-0.3, -0.25) is 0 Å². The van der Waals surface area contributed by atoms with Gasteiger partial charge in [0, 0.05) is 6.54 Å². The Morgan fingerprint density at radius 1 is 1.47 bits per heavy atom. The van der Waals surface area contributed by atoms with Crippen molar-refractivity contribution < 1.29 is 19.4 Å². The zero-order chi connectivity index (χ0) is 12.8. The Morgan fingerprint density at radius 3 is 2.71 bits per heavy atom. The van der Waals surface area contributed by atoms with Gasteiger partial charge in [-0.2, -0.15) is 0 Å². The predicted octanol–water partition coefficient (Wildman–Crippen LogP) is 1.40. The molecule has 0 saturated heterocycles. The SMILES string of the molecule is CCOc1cc(CN)ccc1OC(C)C(=O)O. The number of carbonyl (C=O) groups is 1. The average Bonchev–Trinajstić information content (AvgIpc) is 2.31. The number of aliphatic carboxylic acids is 1. The highest BCUT2D eigenvalue weighted by atomic mass is 16.5. The predicted molar refractivity (Wildman–Crippen MR) is 63.2 cm³/mol. The maximum atomic E-state index is 10.7. The molecule has 1 rings (SSSR count). The Bertz CT molecular complexity index is 392. The highest BCUT2D eigenvalue weighted by molar-refractivity contribution is 5.72. The lowest BCUT2D eigenvalue weighted by Gasteiger charge is -2.15. The third kappa shape index (κ3) is 3.64. The molecule has 0 amide bonds. The number of benzene rings is 1. The molecule has 0 bridgehead atoms. The number of hydrogen-bond acceptors (Lipinski definition) is 4. The molecule has 0 aromatic heterocycles. The average molecular weight is 239 g/mol. The molecule has 94 valence electrons. The number of carboxylic acids is 1. The highest BCUT2D eigenvalue weighted by Gasteiger charge is 2.15. The first kappa shape index (κ1) is 13.3. The molecular weight excluding hydrogens is 222 g/mol. The Kier molecular flexibility index (Phi) is 4.78. The molecule has 1 atom stereocenters. The lowest BCUT2D eigenvalue weighted by atomic mass is 10.2. The molecular formula is C12H17NO4. The van der Waals surface area contributed by atoms with Crippen molar-refractivity contribution in [2.75, 3.05) is 6.61 Å². The fraction of sp³-hybridized carbons (Fsp3) is 0.417. The molecule has 1 aromatic rings. The van der Waals surface area contributed by atoms with Gasteiger partial charge in [0.05, 0.1) is 6.61 Å². The second-order valence-corrected chi connectivity index (χ2v) is 3.52. The van der Waals surface area contributed by atoms with Crippen LogP contribution in [-0.2, 0) is 11.3 Å². The summed E-state index contributed by atoms with van der Waals surface area (Å²) in [4.78, 5) is 10.7. The molecule has 5 heteroatoms. The smallest absolute Gasteiger partial charge is 0.344 e. The van der Waals surface area contributed by atoms with Crippen molar-refractivity contribution in [1.82, 2.24) is 0 Å². The van der Waals surface area contributed by atoms with Gasteiger partial charge in [0.15, 0.2) is 17.6 Å². The summed E-state index contributed by atoms with van der Waals surface area (Å²) in [6, 6.07) is 5.21. The summed E-state index contributed by atoms with van der Waals surface area (Å²) in [7, 11) is 0. The summed E-state index contributed by atoms with van der Waals surface area (Å²) < 4.78 is 10.7. The van der Waals surface area contributed by atoms with Crippen molar-refractivity contribution in [2.24, 2.45) is 5.73 Å². The number of ether oxygens (including phenoxy) is 2. The minimum Gasteiger partial charge on any atom is -0.490 e. The van der Waals surface area contributed by atoms with E-state index in [1.54, 1.807) is 18.2 Å². The summed E-state index contributed by atoms with van der Waals surface area (Å²) in [6.45, 7) is 4.19. The molecule has 0 aliphatic carbocycles. The van der Waals surface area contributed by atoms with Crippen molar-refractivity contribution in [3.05, 3.63) is 23.8 Å². The Balaban J connectivity index is 2.93. The summed E-state index contributed by atoms with van der Waals surface area (Å²) in [6.07, 6.45) is -0.919. The second kappa shape index (κ2) is 6.10. The van der Waals surface area contributed by atoms with E-state index in [1.165, 1.54) is 6.92 Å². The van der Waals surface area contributed by atoms with Crippen LogP contribution in [0.1, 0.15) is 19.4 Å². The molecule has 0 fully saturated rings. The highest BCUT2D eigenvalue weighted by Crippen LogP contribution is 2.29. The van der Waals surface area contributed by atoms with E-state index >= 15 is 0 Å². The van der Waals surface area contributed by atoms with Crippen molar-refractivity contribution in [1.29, 1.82) is 0 Å². The number of carboxylic acid groups (broad SMARTS) is 1. The molecule has 3 N–H and O–H groups in total. The van der Waals surface area contributed by atoms with Crippen LogP contribution in [0.15, 0.2) is 18.2 Å². The van der Waals surface area contributed by atoms with Crippen LogP contribution < -0.4 is 15.2 Å². The van der Waals surface area contributed by atoms with Crippen LogP contribution in [0, 0.1) is 0 Å². The largest absolute Gasteiger partial charge is 0.490 e. The van der Waals surface area contributed by atoms with E-state index in [1.807, 2.05) is 6.92 Å². The molecule has 0 saturated carbocycles. The van der Waals surface area contributed by atoms with Crippen LogP contribution in [-0.4, -0.2) is 23.8 Å². The van der Waals surface area contributed by atoms with E-state index in [9.17, 15) is 4.79 Å². The molecule has 5 nitrogen and oxygen atoms in total. The van der Waals surface area contributed by atoms with Gasteiger partial charge < -0.3 is 20.3 Å². The van der Waals surface area contributed by atoms with Crippen LogP contribution in [0.5, 0.6) is 11.5 Å². The van der Waals surface area contributed by atoms with Crippen molar-refractivity contribution in [3.63, 3.8) is 0 Å². The first-order chi connectivity index (χ1) is 8.08. The van der Waals surface area contributed by atoms with Crippen LogP contribution in [0.2, 0.25) is 0 Å². The van der Waals surface area contributed by atoms with Gasteiger partial charge >= 0.3 is 5.97 Å². The third-order valence-electron chi connectivity index (χ3n) is 2.20. The van der Waals surface area contributed by atoms with Crippen molar-refractivity contribution >= 4 is 5.97 Å². The Labute approximate surface area is 100 Å². The van der Waals surface area contributed by atoms with Crippen LogP contribution in [0.25, 0.3) is 0 Å². The van der Waals surface area contributed by atoms with E-state index in [0.717, 1.165) is 5.56 Å². The molecule has 0 aliphatic rings. The first-order valence-electron chi connectivity index (χ1n) is 5.43. The topological polar surface area (TPSA) is 81.8 Å². The maximum absolute atomic E-state index is 10.7. The third-order valence-corrected chi connectivity index (χ3v) is 2.20. The number of rotatable bonds is 6. The van der Waals surface area contributed by atoms with E-state index < -0.39 is 12.1 Å². The van der Waals surface area contributed by atoms with Crippen LogP contribution in [0.4, 0.5) is 0 Å². The standard InChI is InChI=1S/C12H17NO4/c1-3-16-11-6-9(7-13)4-5-10(11)17-8(2)12(14)15/h4-6,8H,3,7,13H2,1-2H3,(H,14,15). The summed E-state index contributed by atoms with van der Waals surface area (Å²) in [5, 5.41) is 8.78. The molecule has 0 aliphatic heterocycles. The summed E-state index contributed by atoms with van der Waals surface area (Å²) >= 11 is 0. The molecule has 0 heterocycles. The lowest BCUT2D eigenvalue weighted by Crippen LogP contribution is -2.23. The van der Waals surface area contributed by atoms with Crippen molar-refractivity contribution in [2.45, 2.75) is 26.5 Å². The normalized spacial score (nSPS) is 11.9. The molecule has 1 aromatic carbocycles. The fourth-order valence-corrected chi connectivity index (χ4v) is 1.29. The summed E-state index contributed by atoms with van der Waals surface area (Å²) in [5.41, 5.74) is 6.43. The quantitative estimate of drug-likeness (QED) is 0.784. The van der Waals surface area contributed by atoms with Gasteiger partial charge in [0.1, 0.15) is 0 Å². The van der Waals surface area contributed by atoms with E-state index in [4.69, 9.17) is 20.3 Å². The minimum atomic E-state index is -1.02. The van der Waals surface area contributed by atoms with Gasteiger partial charge in [-0.1, -0.05) is 6.07 Å².